The number of aryl methyl sites for hydroxylation is 1. The predicted octanol–water partition coefficient (Wildman–Crippen LogP) is 1.91. The molecule has 0 radical (unpaired) electrons. The van der Waals surface area contributed by atoms with E-state index in [9.17, 15) is 9.59 Å². The molecule has 1 aromatic carbocycles. The molecule has 0 saturated carbocycles. The molecule has 21 heavy (non-hydrogen) atoms. The molecule has 1 aliphatic rings. The highest BCUT2D eigenvalue weighted by Gasteiger charge is 2.25. The Morgan fingerprint density at radius 2 is 2.00 bits per heavy atom. The van der Waals surface area contributed by atoms with Gasteiger partial charge in [0.05, 0.1) is 18.9 Å². The number of carbonyl (C=O) groups is 2. The minimum atomic E-state index is -0.856. The molecule has 1 aliphatic carbocycles. The van der Waals surface area contributed by atoms with Gasteiger partial charge in [0.2, 0.25) is 5.91 Å². The first-order chi connectivity index (χ1) is 10.0. The smallest absolute Gasteiger partial charge is 0.310 e. The molecule has 1 aromatic rings. The van der Waals surface area contributed by atoms with Gasteiger partial charge in [-0.05, 0) is 25.5 Å². The van der Waals surface area contributed by atoms with E-state index in [0.717, 1.165) is 11.3 Å². The first kappa shape index (κ1) is 15.1. The van der Waals surface area contributed by atoms with Crippen molar-refractivity contribution in [2.24, 2.45) is 5.92 Å². The Labute approximate surface area is 123 Å². The third-order valence-corrected chi connectivity index (χ3v) is 3.37. The lowest BCUT2D eigenvalue weighted by atomic mass is 10.1. The van der Waals surface area contributed by atoms with Crippen LogP contribution in [0.1, 0.15) is 18.4 Å². The third kappa shape index (κ3) is 4.63. The summed E-state index contributed by atoms with van der Waals surface area (Å²) in [5.74, 6) is -0.757. The molecule has 0 aromatic heterocycles. The zero-order valence-electron chi connectivity index (χ0n) is 11.9. The Bertz CT molecular complexity index is 536. The number of hydrogen-bond donors (Lipinski definition) is 2. The van der Waals surface area contributed by atoms with Crippen molar-refractivity contribution < 1.29 is 19.4 Å². The van der Waals surface area contributed by atoms with Crippen molar-refractivity contribution in [1.29, 1.82) is 0 Å². The standard InChI is InChI=1S/C16H19NO4/c1-11-2-6-14(7-3-11)21-9-8-15(18)17-13-5-4-12(10-13)16(19)20/h2-7,12-13H,8-10H2,1H3,(H,17,18)(H,19,20). The lowest BCUT2D eigenvalue weighted by Crippen LogP contribution is -2.34. The van der Waals surface area contributed by atoms with Crippen molar-refractivity contribution in [3.8, 4) is 5.75 Å². The predicted molar refractivity (Wildman–Crippen MR) is 78.1 cm³/mol. The van der Waals surface area contributed by atoms with Crippen LogP contribution < -0.4 is 10.1 Å². The van der Waals surface area contributed by atoms with E-state index in [1.165, 1.54) is 0 Å². The zero-order chi connectivity index (χ0) is 15.2. The van der Waals surface area contributed by atoms with Gasteiger partial charge in [-0.25, -0.2) is 0 Å². The number of hydrogen-bond acceptors (Lipinski definition) is 3. The summed E-state index contributed by atoms with van der Waals surface area (Å²) in [5, 5.41) is 11.7. The van der Waals surface area contributed by atoms with E-state index in [4.69, 9.17) is 9.84 Å². The second-order valence-corrected chi connectivity index (χ2v) is 5.15. The SMILES string of the molecule is Cc1ccc(OCCC(=O)NC2C=CC(C(=O)O)C2)cc1. The van der Waals surface area contributed by atoms with E-state index in [0.29, 0.717) is 13.0 Å². The molecule has 0 fully saturated rings. The molecule has 2 N–H and O–H groups in total. The maximum Gasteiger partial charge on any atom is 0.310 e. The van der Waals surface area contributed by atoms with Crippen LogP contribution in [0.2, 0.25) is 0 Å². The fraction of sp³-hybridized carbons (Fsp3) is 0.375. The van der Waals surface area contributed by atoms with Crippen LogP contribution in [0.25, 0.3) is 0 Å². The lowest BCUT2D eigenvalue weighted by Gasteiger charge is -2.12. The Hall–Kier alpha value is -2.30. The largest absolute Gasteiger partial charge is 0.493 e. The van der Waals surface area contributed by atoms with E-state index >= 15 is 0 Å². The van der Waals surface area contributed by atoms with Crippen molar-refractivity contribution in [3.63, 3.8) is 0 Å². The van der Waals surface area contributed by atoms with Crippen LogP contribution in [0, 0.1) is 12.8 Å². The van der Waals surface area contributed by atoms with Gasteiger partial charge >= 0.3 is 5.97 Å². The third-order valence-electron chi connectivity index (χ3n) is 3.37. The Morgan fingerprint density at radius 1 is 1.29 bits per heavy atom. The number of amides is 1. The topological polar surface area (TPSA) is 75.6 Å². The molecule has 0 saturated heterocycles. The number of nitrogens with one attached hydrogen (secondary N) is 1. The summed E-state index contributed by atoms with van der Waals surface area (Å²) in [7, 11) is 0. The van der Waals surface area contributed by atoms with Crippen LogP contribution in [-0.4, -0.2) is 29.6 Å². The first-order valence-electron chi connectivity index (χ1n) is 6.94. The maximum absolute atomic E-state index is 11.7. The summed E-state index contributed by atoms with van der Waals surface area (Å²) in [5.41, 5.74) is 1.15. The van der Waals surface area contributed by atoms with Gasteiger partial charge in [0, 0.05) is 6.04 Å². The van der Waals surface area contributed by atoms with Crippen LogP contribution in [0.3, 0.4) is 0 Å². The number of aliphatic carboxylic acids is 1. The van der Waals surface area contributed by atoms with Gasteiger partial charge in [0.1, 0.15) is 5.75 Å². The minimum Gasteiger partial charge on any atom is -0.493 e. The highest BCUT2D eigenvalue weighted by molar-refractivity contribution is 5.77. The molecule has 5 heteroatoms. The average molecular weight is 289 g/mol. The lowest BCUT2D eigenvalue weighted by molar-refractivity contribution is -0.140. The normalized spacial score (nSPS) is 20.2. The molecule has 0 bridgehead atoms. The van der Waals surface area contributed by atoms with Crippen LogP contribution in [0.4, 0.5) is 0 Å². The highest BCUT2D eigenvalue weighted by atomic mass is 16.5. The molecule has 2 rings (SSSR count). The maximum atomic E-state index is 11.7. The molecule has 5 nitrogen and oxygen atoms in total. The van der Waals surface area contributed by atoms with Gasteiger partial charge in [0.25, 0.3) is 0 Å². The number of carboxylic acid groups (broad SMARTS) is 1. The van der Waals surface area contributed by atoms with Gasteiger partial charge < -0.3 is 15.2 Å². The number of rotatable bonds is 6. The summed E-state index contributed by atoms with van der Waals surface area (Å²) in [4.78, 5) is 22.5. The van der Waals surface area contributed by atoms with Crippen molar-refractivity contribution in [3.05, 3.63) is 42.0 Å². The fourth-order valence-electron chi connectivity index (χ4n) is 2.16. The number of carboxylic acids is 1. The second-order valence-electron chi connectivity index (χ2n) is 5.15. The van der Waals surface area contributed by atoms with Gasteiger partial charge in [-0.3, -0.25) is 9.59 Å². The van der Waals surface area contributed by atoms with Crippen molar-refractivity contribution in [2.75, 3.05) is 6.61 Å². The molecule has 2 unspecified atom stereocenters. The van der Waals surface area contributed by atoms with Gasteiger partial charge in [0.15, 0.2) is 0 Å². The molecule has 0 heterocycles. The fourth-order valence-corrected chi connectivity index (χ4v) is 2.16. The minimum absolute atomic E-state index is 0.136. The Kier molecular flexibility index (Phi) is 4.98. The molecule has 0 spiro atoms. The van der Waals surface area contributed by atoms with Crippen molar-refractivity contribution in [2.45, 2.75) is 25.8 Å². The second kappa shape index (κ2) is 6.92. The monoisotopic (exact) mass is 289 g/mol. The highest BCUT2D eigenvalue weighted by Crippen LogP contribution is 2.18. The Balaban J connectivity index is 1.67. The summed E-state index contributed by atoms with van der Waals surface area (Å²) < 4.78 is 5.48. The van der Waals surface area contributed by atoms with Crippen molar-refractivity contribution >= 4 is 11.9 Å². The summed E-state index contributed by atoms with van der Waals surface area (Å²) in [6.07, 6.45) is 4.02. The zero-order valence-corrected chi connectivity index (χ0v) is 11.9. The van der Waals surface area contributed by atoms with E-state index in [2.05, 4.69) is 5.32 Å². The quantitative estimate of drug-likeness (QED) is 0.784. The van der Waals surface area contributed by atoms with Crippen LogP contribution in [0.5, 0.6) is 5.75 Å². The van der Waals surface area contributed by atoms with Gasteiger partial charge in [-0.1, -0.05) is 29.8 Å². The number of ether oxygens (including phenoxy) is 1. The van der Waals surface area contributed by atoms with Gasteiger partial charge in [-0.15, -0.1) is 0 Å². The first-order valence-corrected chi connectivity index (χ1v) is 6.94. The molecule has 2 atom stereocenters. The van der Waals surface area contributed by atoms with E-state index in [1.54, 1.807) is 12.2 Å². The summed E-state index contributed by atoms with van der Waals surface area (Å²) in [6.45, 7) is 2.30. The molecule has 112 valence electrons. The van der Waals surface area contributed by atoms with E-state index in [-0.39, 0.29) is 18.4 Å². The number of carbonyl (C=O) groups excluding carboxylic acids is 1. The summed E-state index contributed by atoms with van der Waals surface area (Å²) in [6, 6.07) is 7.43. The molecular weight excluding hydrogens is 270 g/mol. The molecule has 0 aliphatic heterocycles. The summed E-state index contributed by atoms with van der Waals surface area (Å²) >= 11 is 0. The Morgan fingerprint density at radius 3 is 2.62 bits per heavy atom. The average Bonchev–Trinajstić information content (AvgIpc) is 2.90. The molecule has 1 amide bonds. The van der Waals surface area contributed by atoms with Crippen LogP contribution in [-0.2, 0) is 9.59 Å². The van der Waals surface area contributed by atoms with E-state index in [1.807, 2.05) is 31.2 Å². The van der Waals surface area contributed by atoms with E-state index < -0.39 is 11.9 Å². The number of benzene rings is 1. The van der Waals surface area contributed by atoms with Crippen molar-refractivity contribution in [1.82, 2.24) is 5.32 Å². The molecular formula is C16H19NO4. The van der Waals surface area contributed by atoms with Gasteiger partial charge in [-0.2, -0.15) is 0 Å². The van der Waals surface area contributed by atoms with Crippen LogP contribution >= 0.6 is 0 Å². The van der Waals surface area contributed by atoms with Crippen LogP contribution in [0.15, 0.2) is 36.4 Å².